The highest BCUT2D eigenvalue weighted by Gasteiger charge is 2.12. The maximum Gasteiger partial charge on any atom is 0.113 e. The fourth-order valence-corrected chi connectivity index (χ4v) is 2.19. The summed E-state index contributed by atoms with van der Waals surface area (Å²) in [5.41, 5.74) is 0. The van der Waals surface area contributed by atoms with Gasteiger partial charge in [0.1, 0.15) is 7.28 Å². The van der Waals surface area contributed by atoms with E-state index in [0.29, 0.717) is 0 Å². The Morgan fingerprint density at radius 1 is 1.00 bits per heavy atom. The standard InChI is InChI=1S/C12H24B/c1-11(2)10-13-12-8-6-4-3-5-7-9-12/h11-12H,3-10H2,1-2H3. The molecule has 75 valence electrons. The van der Waals surface area contributed by atoms with Gasteiger partial charge in [-0.1, -0.05) is 76.8 Å². The van der Waals surface area contributed by atoms with Crippen LogP contribution in [0.1, 0.15) is 58.8 Å². The van der Waals surface area contributed by atoms with Crippen molar-refractivity contribution in [3.8, 4) is 0 Å². The Bertz CT molecular complexity index is 112. The van der Waals surface area contributed by atoms with Gasteiger partial charge in [0.15, 0.2) is 0 Å². The van der Waals surface area contributed by atoms with E-state index in [0.717, 1.165) is 11.7 Å². The summed E-state index contributed by atoms with van der Waals surface area (Å²) in [6, 6.07) is 0. The van der Waals surface area contributed by atoms with E-state index in [1.165, 1.54) is 51.3 Å². The molecule has 0 atom stereocenters. The quantitative estimate of drug-likeness (QED) is 0.566. The van der Waals surface area contributed by atoms with E-state index in [1.54, 1.807) is 0 Å². The third kappa shape index (κ3) is 5.39. The Morgan fingerprint density at radius 3 is 2.08 bits per heavy atom. The van der Waals surface area contributed by atoms with Gasteiger partial charge in [0.05, 0.1) is 0 Å². The van der Waals surface area contributed by atoms with Crippen LogP contribution in [0, 0.1) is 5.92 Å². The molecular formula is C12H24B. The van der Waals surface area contributed by atoms with Gasteiger partial charge in [-0.3, -0.25) is 0 Å². The van der Waals surface area contributed by atoms with E-state index in [9.17, 15) is 0 Å². The Hall–Kier alpha value is 0.0649. The van der Waals surface area contributed by atoms with Crippen LogP contribution in [0.15, 0.2) is 0 Å². The van der Waals surface area contributed by atoms with Crippen LogP contribution in [0.2, 0.25) is 12.1 Å². The molecule has 0 bridgehead atoms. The van der Waals surface area contributed by atoms with Crippen molar-refractivity contribution in [2.24, 2.45) is 5.92 Å². The van der Waals surface area contributed by atoms with Crippen molar-refractivity contribution >= 4 is 7.28 Å². The van der Waals surface area contributed by atoms with Crippen LogP contribution < -0.4 is 0 Å². The van der Waals surface area contributed by atoms with Gasteiger partial charge in [0.2, 0.25) is 0 Å². The minimum atomic E-state index is 0.852. The van der Waals surface area contributed by atoms with Gasteiger partial charge in [-0.15, -0.1) is 0 Å². The maximum absolute atomic E-state index is 2.59. The summed E-state index contributed by atoms with van der Waals surface area (Å²) in [5, 5.41) is 0. The van der Waals surface area contributed by atoms with Crippen LogP contribution in [0.5, 0.6) is 0 Å². The fraction of sp³-hybridized carbons (Fsp3) is 1.00. The van der Waals surface area contributed by atoms with Crippen LogP contribution in [-0.4, -0.2) is 7.28 Å². The average molecular weight is 179 g/mol. The number of hydrogen-bond acceptors (Lipinski definition) is 0. The third-order valence-corrected chi connectivity index (χ3v) is 3.09. The lowest BCUT2D eigenvalue weighted by atomic mass is 9.56. The second kappa shape index (κ2) is 6.51. The molecule has 1 saturated carbocycles. The maximum atomic E-state index is 2.59. The van der Waals surface area contributed by atoms with Crippen molar-refractivity contribution in [3.05, 3.63) is 0 Å². The molecule has 1 aliphatic rings. The SMILES string of the molecule is CC(C)C[B]C1CCCCCCC1. The first-order valence-corrected chi connectivity index (χ1v) is 6.12. The van der Waals surface area contributed by atoms with E-state index in [4.69, 9.17) is 0 Å². The second-order valence-corrected chi connectivity index (χ2v) is 4.97. The number of rotatable bonds is 3. The summed E-state index contributed by atoms with van der Waals surface area (Å²) in [6.07, 6.45) is 11.6. The first-order chi connectivity index (χ1) is 6.29. The molecule has 0 aromatic heterocycles. The molecule has 0 aromatic rings. The highest BCUT2D eigenvalue weighted by Crippen LogP contribution is 2.27. The molecule has 0 aliphatic heterocycles. The predicted octanol–water partition coefficient (Wildman–Crippen LogP) is 4.30. The Balaban J connectivity index is 2.14. The molecule has 0 nitrogen and oxygen atoms in total. The molecule has 0 spiro atoms. The van der Waals surface area contributed by atoms with Gasteiger partial charge in [0.25, 0.3) is 0 Å². The molecule has 1 radical (unpaired) electrons. The lowest BCUT2D eigenvalue weighted by molar-refractivity contribution is 0.499. The van der Waals surface area contributed by atoms with Crippen LogP contribution >= 0.6 is 0 Å². The molecule has 0 aromatic carbocycles. The molecule has 0 heterocycles. The monoisotopic (exact) mass is 179 g/mol. The highest BCUT2D eigenvalue weighted by molar-refractivity contribution is 6.37. The molecule has 0 N–H and O–H groups in total. The summed E-state index contributed by atoms with van der Waals surface area (Å²) in [6.45, 7) is 4.64. The molecule has 1 aliphatic carbocycles. The Kier molecular flexibility index (Phi) is 5.58. The zero-order valence-corrected chi connectivity index (χ0v) is 9.39. The van der Waals surface area contributed by atoms with E-state index in [1.807, 2.05) is 0 Å². The van der Waals surface area contributed by atoms with Crippen molar-refractivity contribution in [2.45, 2.75) is 70.9 Å². The molecule has 13 heavy (non-hydrogen) atoms. The number of hydrogen-bond donors (Lipinski definition) is 0. The Labute approximate surface area is 84.7 Å². The van der Waals surface area contributed by atoms with Gasteiger partial charge >= 0.3 is 0 Å². The van der Waals surface area contributed by atoms with Crippen LogP contribution in [0.25, 0.3) is 0 Å². The van der Waals surface area contributed by atoms with Gasteiger partial charge in [0, 0.05) is 0 Å². The molecule has 0 unspecified atom stereocenters. The first kappa shape index (κ1) is 11.1. The van der Waals surface area contributed by atoms with Crippen LogP contribution in [-0.2, 0) is 0 Å². The summed E-state index contributed by atoms with van der Waals surface area (Å²) in [5.74, 6) is 1.80. The fourth-order valence-electron chi connectivity index (χ4n) is 2.19. The lowest BCUT2D eigenvalue weighted by Gasteiger charge is -2.19. The molecule has 1 heteroatoms. The zero-order valence-electron chi connectivity index (χ0n) is 9.39. The third-order valence-electron chi connectivity index (χ3n) is 3.09. The zero-order chi connectivity index (χ0) is 9.52. The normalized spacial score (nSPS) is 21.2. The molecule has 0 amide bonds. The minimum absolute atomic E-state index is 0.852. The van der Waals surface area contributed by atoms with Gasteiger partial charge < -0.3 is 0 Å². The highest BCUT2D eigenvalue weighted by atomic mass is 14.1. The molecule has 1 rings (SSSR count). The molecule has 1 fully saturated rings. The Morgan fingerprint density at radius 2 is 1.54 bits per heavy atom. The topological polar surface area (TPSA) is 0 Å². The van der Waals surface area contributed by atoms with E-state index < -0.39 is 0 Å². The summed E-state index contributed by atoms with van der Waals surface area (Å²) in [7, 11) is 2.59. The molecule has 0 saturated heterocycles. The van der Waals surface area contributed by atoms with Gasteiger partial charge in [-0.25, -0.2) is 0 Å². The van der Waals surface area contributed by atoms with Crippen molar-refractivity contribution < 1.29 is 0 Å². The van der Waals surface area contributed by atoms with E-state index in [-0.39, 0.29) is 0 Å². The van der Waals surface area contributed by atoms with Crippen molar-refractivity contribution in [1.29, 1.82) is 0 Å². The van der Waals surface area contributed by atoms with Crippen LogP contribution in [0.4, 0.5) is 0 Å². The van der Waals surface area contributed by atoms with Crippen molar-refractivity contribution in [1.82, 2.24) is 0 Å². The second-order valence-electron chi connectivity index (χ2n) is 4.97. The van der Waals surface area contributed by atoms with Gasteiger partial charge in [-0.05, 0) is 0 Å². The van der Waals surface area contributed by atoms with E-state index in [2.05, 4.69) is 21.1 Å². The smallest absolute Gasteiger partial charge is 0.0777 e. The van der Waals surface area contributed by atoms with E-state index >= 15 is 0 Å². The molecular weight excluding hydrogens is 155 g/mol. The summed E-state index contributed by atoms with van der Waals surface area (Å²) < 4.78 is 0. The average Bonchev–Trinajstić information content (AvgIpc) is 2.01. The van der Waals surface area contributed by atoms with Crippen LogP contribution in [0.3, 0.4) is 0 Å². The predicted molar refractivity (Wildman–Crippen MR) is 61.5 cm³/mol. The van der Waals surface area contributed by atoms with Gasteiger partial charge in [-0.2, -0.15) is 0 Å². The van der Waals surface area contributed by atoms with Crippen molar-refractivity contribution in [3.63, 3.8) is 0 Å². The van der Waals surface area contributed by atoms with Crippen molar-refractivity contribution in [2.75, 3.05) is 0 Å². The summed E-state index contributed by atoms with van der Waals surface area (Å²) >= 11 is 0. The lowest BCUT2D eigenvalue weighted by Crippen LogP contribution is -2.08. The largest absolute Gasteiger partial charge is 0.113 e. The minimum Gasteiger partial charge on any atom is -0.0777 e. The summed E-state index contributed by atoms with van der Waals surface area (Å²) in [4.78, 5) is 0. The first-order valence-electron chi connectivity index (χ1n) is 6.12.